The summed E-state index contributed by atoms with van der Waals surface area (Å²) in [7, 11) is 1.35. The number of nitrogens with zero attached hydrogens (tertiary/aromatic N) is 1. The predicted octanol–water partition coefficient (Wildman–Crippen LogP) is 3.09. The van der Waals surface area contributed by atoms with Gasteiger partial charge in [-0.05, 0) is 24.6 Å². The molecule has 6 nitrogen and oxygen atoms in total. The molecule has 0 aliphatic heterocycles. The molecule has 0 fully saturated rings. The van der Waals surface area contributed by atoms with Gasteiger partial charge in [-0.15, -0.1) is 0 Å². The first-order valence-electron chi connectivity index (χ1n) is 6.71. The SMILES string of the molecule is COc1ccc(C(=O)NC(C)c2ccccc2)cc1[N+](=O)[O-]. The summed E-state index contributed by atoms with van der Waals surface area (Å²) in [5.74, 6) is -0.250. The lowest BCUT2D eigenvalue weighted by molar-refractivity contribution is -0.385. The molecule has 1 atom stereocenters. The van der Waals surface area contributed by atoms with E-state index in [1.807, 2.05) is 37.3 Å². The van der Waals surface area contributed by atoms with Gasteiger partial charge in [0.2, 0.25) is 0 Å². The van der Waals surface area contributed by atoms with Crippen LogP contribution in [0.3, 0.4) is 0 Å². The third kappa shape index (κ3) is 3.41. The number of rotatable bonds is 5. The number of carbonyl (C=O) groups excluding carboxylic acids is 1. The monoisotopic (exact) mass is 300 g/mol. The fourth-order valence-electron chi connectivity index (χ4n) is 2.08. The first-order chi connectivity index (χ1) is 10.5. The van der Waals surface area contributed by atoms with E-state index >= 15 is 0 Å². The Kier molecular flexibility index (Phi) is 4.73. The molecular formula is C16H16N2O4. The van der Waals surface area contributed by atoms with Gasteiger partial charge >= 0.3 is 5.69 Å². The molecule has 2 aromatic carbocycles. The van der Waals surface area contributed by atoms with E-state index in [1.165, 1.54) is 25.3 Å². The molecule has 2 aromatic rings. The highest BCUT2D eigenvalue weighted by Crippen LogP contribution is 2.27. The molecule has 1 N–H and O–H groups in total. The van der Waals surface area contributed by atoms with Crippen LogP contribution in [0.5, 0.6) is 5.75 Å². The summed E-state index contributed by atoms with van der Waals surface area (Å²) in [6.45, 7) is 1.85. The first kappa shape index (κ1) is 15.5. The number of hydrogen-bond acceptors (Lipinski definition) is 4. The van der Waals surface area contributed by atoms with Gasteiger partial charge in [-0.2, -0.15) is 0 Å². The van der Waals surface area contributed by atoms with Crippen LogP contribution in [0.25, 0.3) is 0 Å². The summed E-state index contributed by atoms with van der Waals surface area (Å²) in [4.78, 5) is 22.6. The number of hydrogen-bond donors (Lipinski definition) is 1. The normalized spacial score (nSPS) is 11.5. The lowest BCUT2D eigenvalue weighted by Gasteiger charge is -2.14. The Morgan fingerprint density at radius 3 is 2.50 bits per heavy atom. The van der Waals surface area contributed by atoms with Crippen LogP contribution in [-0.4, -0.2) is 17.9 Å². The first-order valence-corrected chi connectivity index (χ1v) is 6.71. The number of benzene rings is 2. The number of carbonyl (C=O) groups is 1. The van der Waals surface area contributed by atoms with E-state index < -0.39 is 4.92 Å². The minimum atomic E-state index is -0.573. The Labute approximate surface area is 127 Å². The second-order valence-electron chi connectivity index (χ2n) is 4.75. The van der Waals surface area contributed by atoms with E-state index in [9.17, 15) is 14.9 Å². The van der Waals surface area contributed by atoms with Gasteiger partial charge in [-0.25, -0.2) is 0 Å². The topological polar surface area (TPSA) is 81.5 Å². The van der Waals surface area contributed by atoms with Crippen molar-refractivity contribution in [1.29, 1.82) is 0 Å². The molecule has 2 rings (SSSR count). The summed E-state index contributed by atoms with van der Waals surface area (Å²) in [5, 5.41) is 13.8. The molecular weight excluding hydrogens is 284 g/mol. The van der Waals surface area contributed by atoms with Crippen LogP contribution in [-0.2, 0) is 0 Å². The molecule has 1 amide bonds. The molecule has 0 aromatic heterocycles. The highest BCUT2D eigenvalue weighted by atomic mass is 16.6. The molecule has 0 aliphatic rings. The van der Waals surface area contributed by atoms with Gasteiger partial charge in [-0.1, -0.05) is 30.3 Å². The molecule has 22 heavy (non-hydrogen) atoms. The van der Waals surface area contributed by atoms with Crippen LogP contribution in [0.2, 0.25) is 0 Å². The van der Waals surface area contributed by atoms with Crippen LogP contribution in [0.4, 0.5) is 5.69 Å². The highest BCUT2D eigenvalue weighted by Gasteiger charge is 2.19. The van der Waals surface area contributed by atoms with Gasteiger partial charge < -0.3 is 10.1 Å². The predicted molar refractivity (Wildman–Crippen MR) is 82.0 cm³/mol. The molecule has 0 bridgehead atoms. The summed E-state index contributed by atoms with van der Waals surface area (Å²) in [6, 6.07) is 13.4. The third-order valence-corrected chi connectivity index (χ3v) is 3.28. The Bertz CT molecular complexity index is 686. The van der Waals surface area contributed by atoms with E-state index in [-0.39, 0.29) is 28.9 Å². The second-order valence-corrected chi connectivity index (χ2v) is 4.75. The van der Waals surface area contributed by atoms with Crippen molar-refractivity contribution in [2.24, 2.45) is 0 Å². The lowest BCUT2D eigenvalue weighted by Crippen LogP contribution is -2.26. The average molecular weight is 300 g/mol. The van der Waals surface area contributed by atoms with E-state index in [1.54, 1.807) is 0 Å². The van der Waals surface area contributed by atoms with Gasteiger partial charge in [0.1, 0.15) is 0 Å². The van der Waals surface area contributed by atoms with Gasteiger partial charge in [0.05, 0.1) is 18.1 Å². The average Bonchev–Trinajstić information content (AvgIpc) is 2.54. The maximum atomic E-state index is 12.2. The molecule has 114 valence electrons. The van der Waals surface area contributed by atoms with E-state index in [0.717, 1.165) is 5.56 Å². The highest BCUT2D eigenvalue weighted by molar-refractivity contribution is 5.95. The Morgan fingerprint density at radius 2 is 1.91 bits per heavy atom. The molecule has 0 aliphatic carbocycles. The Morgan fingerprint density at radius 1 is 1.23 bits per heavy atom. The minimum absolute atomic E-state index is 0.123. The molecule has 1 unspecified atom stereocenters. The fourth-order valence-corrected chi connectivity index (χ4v) is 2.08. The molecule has 0 saturated heterocycles. The third-order valence-electron chi connectivity index (χ3n) is 3.28. The van der Waals surface area contributed by atoms with Crippen molar-refractivity contribution < 1.29 is 14.5 Å². The zero-order valence-corrected chi connectivity index (χ0v) is 12.3. The quantitative estimate of drug-likeness (QED) is 0.679. The standard InChI is InChI=1S/C16H16N2O4/c1-11(12-6-4-3-5-7-12)17-16(19)13-8-9-15(22-2)14(10-13)18(20)21/h3-11H,1-2H3,(H,17,19). The number of methoxy groups -OCH3 is 1. The largest absolute Gasteiger partial charge is 0.490 e. The fraction of sp³-hybridized carbons (Fsp3) is 0.188. The van der Waals surface area contributed by atoms with Crippen LogP contribution in [0, 0.1) is 10.1 Å². The Hall–Kier alpha value is -2.89. The zero-order chi connectivity index (χ0) is 16.1. The van der Waals surface area contributed by atoms with Crippen molar-refractivity contribution in [1.82, 2.24) is 5.32 Å². The Balaban J connectivity index is 2.19. The molecule has 0 radical (unpaired) electrons. The number of ether oxygens (including phenoxy) is 1. The minimum Gasteiger partial charge on any atom is -0.490 e. The van der Waals surface area contributed by atoms with Crippen molar-refractivity contribution >= 4 is 11.6 Å². The molecule has 0 spiro atoms. The van der Waals surface area contributed by atoms with Crippen LogP contribution in [0.15, 0.2) is 48.5 Å². The van der Waals surface area contributed by atoms with Crippen molar-refractivity contribution in [2.75, 3.05) is 7.11 Å². The smallest absolute Gasteiger partial charge is 0.311 e. The maximum absolute atomic E-state index is 12.2. The zero-order valence-electron chi connectivity index (χ0n) is 12.3. The van der Waals surface area contributed by atoms with Crippen molar-refractivity contribution in [3.8, 4) is 5.75 Å². The summed E-state index contributed by atoms with van der Waals surface area (Å²) >= 11 is 0. The summed E-state index contributed by atoms with van der Waals surface area (Å²) < 4.78 is 4.92. The summed E-state index contributed by atoms with van der Waals surface area (Å²) in [6.07, 6.45) is 0. The van der Waals surface area contributed by atoms with Gasteiger partial charge in [0, 0.05) is 11.6 Å². The van der Waals surface area contributed by atoms with Crippen molar-refractivity contribution in [3.63, 3.8) is 0 Å². The molecule has 6 heteroatoms. The lowest BCUT2D eigenvalue weighted by atomic mass is 10.1. The number of amides is 1. The second kappa shape index (κ2) is 6.71. The van der Waals surface area contributed by atoms with E-state index in [2.05, 4.69) is 5.32 Å². The molecule has 0 heterocycles. The van der Waals surface area contributed by atoms with E-state index in [4.69, 9.17) is 4.74 Å². The number of nitrogens with one attached hydrogen (secondary N) is 1. The van der Waals surface area contributed by atoms with Crippen LogP contribution in [0.1, 0.15) is 28.9 Å². The van der Waals surface area contributed by atoms with Crippen molar-refractivity contribution in [2.45, 2.75) is 13.0 Å². The van der Waals surface area contributed by atoms with Crippen LogP contribution < -0.4 is 10.1 Å². The van der Waals surface area contributed by atoms with Crippen molar-refractivity contribution in [3.05, 3.63) is 69.8 Å². The summed E-state index contributed by atoms with van der Waals surface area (Å²) in [5.41, 5.74) is 0.941. The maximum Gasteiger partial charge on any atom is 0.311 e. The van der Waals surface area contributed by atoms with Gasteiger partial charge in [-0.3, -0.25) is 14.9 Å². The van der Waals surface area contributed by atoms with Gasteiger partial charge in [0.25, 0.3) is 5.91 Å². The molecule has 0 saturated carbocycles. The van der Waals surface area contributed by atoms with Gasteiger partial charge in [0.15, 0.2) is 5.75 Å². The van der Waals surface area contributed by atoms with Crippen LogP contribution >= 0.6 is 0 Å². The number of nitro benzene ring substituents is 1. The number of nitro groups is 1. The van der Waals surface area contributed by atoms with E-state index in [0.29, 0.717) is 0 Å².